The van der Waals surface area contributed by atoms with Crippen LogP contribution < -0.4 is 0 Å². The van der Waals surface area contributed by atoms with Crippen LogP contribution >= 0.6 is 0 Å². The molecule has 0 amide bonds. The Morgan fingerprint density at radius 1 is 0.733 bits per heavy atom. The van der Waals surface area contributed by atoms with Crippen molar-refractivity contribution < 1.29 is 63.4 Å². The minimum Gasteiger partial charge on any atom is -0.394 e. The van der Waals surface area contributed by atoms with E-state index in [4.69, 9.17) is 37.9 Å². The van der Waals surface area contributed by atoms with Gasteiger partial charge in [-0.1, -0.05) is 40.5 Å². The van der Waals surface area contributed by atoms with Crippen LogP contribution in [0.4, 0.5) is 0 Å². The van der Waals surface area contributed by atoms with Crippen LogP contribution in [0.15, 0.2) is 0 Å². The normalized spacial score (nSPS) is 36.1. The van der Waals surface area contributed by atoms with Crippen LogP contribution in [0.3, 0.4) is 0 Å². The second-order valence-electron chi connectivity index (χ2n) is 12.5. The SMILES string of the molecule is CCCCOCC1OC(OC2C(CO)OC(OC(C)C3CC3)C(OCCO)C2O)C(OCCO)C(O)C1OC(CC)C(C)CC. The van der Waals surface area contributed by atoms with E-state index in [1.165, 1.54) is 0 Å². The Bertz CT molecular complexity index is 788. The summed E-state index contributed by atoms with van der Waals surface area (Å²) in [4.78, 5) is 0. The highest BCUT2D eigenvalue weighted by molar-refractivity contribution is 4.97. The first kappa shape index (κ1) is 38.9. The molecular weight excluding hydrogens is 592 g/mol. The van der Waals surface area contributed by atoms with E-state index >= 15 is 0 Å². The Morgan fingerprint density at radius 2 is 1.36 bits per heavy atom. The van der Waals surface area contributed by atoms with Crippen molar-refractivity contribution in [3.05, 3.63) is 0 Å². The molecule has 2 saturated heterocycles. The highest BCUT2D eigenvalue weighted by Crippen LogP contribution is 2.38. The van der Waals surface area contributed by atoms with Crippen LogP contribution in [0.2, 0.25) is 0 Å². The van der Waals surface area contributed by atoms with Gasteiger partial charge in [-0.05, 0) is 44.4 Å². The third kappa shape index (κ3) is 11.0. The molecule has 1 aliphatic carbocycles. The van der Waals surface area contributed by atoms with Crippen molar-refractivity contribution in [2.24, 2.45) is 11.8 Å². The molecule has 0 aromatic heterocycles. The van der Waals surface area contributed by atoms with Crippen molar-refractivity contribution in [2.75, 3.05) is 46.2 Å². The fraction of sp³-hybridized carbons (Fsp3) is 1.00. The standard InChI is InChI=1S/C32H60O13/c1-6-9-14-38-18-24-28(42-22(8-3)19(4)7-2)26(37)30(40-16-13-34)32(44-24)45-27-23(17-35)43-31(41-20(5)21-10-11-21)29(25(27)36)39-15-12-33/h19-37H,6-18H2,1-5H3. The maximum absolute atomic E-state index is 11.7. The molecule has 0 radical (unpaired) electrons. The fourth-order valence-electron chi connectivity index (χ4n) is 5.94. The molecule has 13 atom stereocenters. The van der Waals surface area contributed by atoms with Gasteiger partial charge in [0, 0.05) is 6.61 Å². The van der Waals surface area contributed by atoms with Crippen molar-refractivity contribution in [1.29, 1.82) is 0 Å². The van der Waals surface area contributed by atoms with Gasteiger partial charge in [-0.25, -0.2) is 0 Å². The van der Waals surface area contributed by atoms with E-state index in [-0.39, 0.29) is 51.2 Å². The van der Waals surface area contributed by atoms with Crippen LogP contribution in [-0.4, -0.2) is 145 Å². The first-order valence-electron chi connectivity index (χ1n) is 17.0. The maximum Gasteiger partial charge on any atom is 0.187 e. The van der Waals surface area contributed by atoms with Crippen molar-refractivity contribution in [3.63, 3.8) is 0 Å². The molecule has 3 rings (SSSR count). The summed E-state index contributed by atoms with van der Waals surface area (Å²) in [6.45, 7) is 9.55. The smallest absolute Gasteiger partial charge is 0.187 e. The van der Waals surface area contributed by atoms with Crippen LogP contribution in [0, 0.1) is 11.8 Å². The summed E-state index contributed by atoms with van der Waals surface area (Å²) >= 11 is 0. The average molecular weight is 653 g/mol. The van der Waals surface area contributed by atoms with Gasteiger partial charge < -0.3 is 63.4 Å². The second kappa shape index (κ2) is 20.1. The maximum atomic E-state index is 11.7. The Balaban J connectivity index is 1.86. The van der Waals surface area contributed by atoms with Gasteiger partial charge >= 0.3 is 0 Å². The van der Waals surface area contributed by atoms with Gasteiger partial charge in [0.2, 0.25) is 0 Å². The summed E-state index contributed by atoms with van der Waals surface area (Å²) in [7, 11) is 0. The Morgan fingerprint density at radius 3 is 1.91 bits per heavy atom. The summed E-state index contributed by atoms with van der Waals surface area (Å²) in [5.74, 6) is 0.606. The minimum absolute atomic E-state index is 0.0783. The number of unbranched alkanes of at least 4 members (excludes halogenated alkanes) is 1. The highest BCUT2D eigenvalue weighted by atomic mass is 16.8. The monoisotopic (exact) mass is 652 g/mol. The molecule has 0 spiro atoms. The zero-order valence-electron chi connectivity index (χ0n) is 27.8. The molecule has 0 aromatic carbocycles. The molecule has 3 aliphatic rings. The van der Waals surface area contributed by atoms with Gasteiger partial charge in [0.15, 0.2) is 12.6 Å². The predicted octanol–water partition coefficient (Wildman–Crippen LogP) is 1.13. The molecule has 13 heteroatoms. The Hall–Kier alpha value is -0.520. The summed E-state index contributed by atoms with van der Waals surface area (Å²) in [6, 6.07) is 0. The van der Waals surface area contributed by atoms with Gasteiger partial charge in [0.05, 0.1) is 51.8 Å². The molecule has 13 unspecified atom stereocenters. The van der Waals surface area contributed by atoms with Crippen LogP contribution in [0.1, 0.15) is 73.1 Å². The van der Waals surface area contributed by atoms with Gasteiger partial charge in [-0.2, -0.15) is 0 Å². The van der Waals surface area contributed by atoms with Crippen molar-refractivity contribution in [3.8, 4) is 0 Å². The molecule has 266 valence electrons. The summed E-state index contributed by atoms with van der Waals surface area (Å²) < 4.78 is 49.0. The summed E-state index contributed by atoms with van der Waals surface area (Å²) in [5.41, 5.74) is 0. The third-order valence-electron chi connectivity index (χ3n) is 9.08. The molecule has 0 bridgehead atoms. The lowest BCUT2D eigenvalue weighted by Gasteiger charge is -2.49. The summed E-state index contributed by atoms with van der Waals surface area (Å²) in [5, 5.41) is 52.6. The lowest BCUT2D eigenvalue weighted by molar-refractivity contribution is -0.373. The zero-order chi connectivity index (χ0) is 32.9. The molecule has 3 fully saturated rings. The van der Waals surface area contributed by atoms with E-state index in [9.17, 15) is 25.5 Å². The van der Waals surface area contributed by atoms with Crippen LogP contribution in [0.25, 0.3) is 0 Å². The molecule has 2 heterocycles. The third-order valence-corrected chi connectivity index (χ3v) is 9.08. The van der Waals surface area contributed by atoms with Crippen LogP contribution in [-0.2, 0) is 37.9 Å². The number of rotatable bonds is 22. The van der Waals surface area contributed by atoms with Crippen LogP contribution in [0.5, 0.6) is 0 Å². The summed E-state index contributed by atoms with van der Waals surface area (Å²) in [6.07, 6.45) is -5.62. The fourth-order valence-corrected chi connectivity index (χ4v) is 5.94. The Kier molecular flexibility index (Phi) is 17.4. The number of hydrogen-bond donors (Lipinski definition) is 5. The quantitative estimate of drug-likeness (QED) is 0.105. The van der Waals surface area contributed by atoms with Gasteiger partial charge in [-0.15, -0.1) is 0 Å². The number of ether oxygens (including phenoxy) is 8. The predicted molar refractivity (Wildman–Crippen MR) is 162 cm³/mol. The first-order chi connectivity index (χ1) is 21.7. The van der Waals surface area contributed by atoms with Gasteiger partial charge in [-0.3, -0.25) is 0 Å². The number of aliphatic hydroxyl groups is 5. The molecule has 5 N–H and O–H groups in total. The number of hydrogen-bond acceptors (Lipinski definition) is 13. The molecular formula is C32H60O13. The topological polar surface area (TPSA) is 175 Å². The van der Waals surface area contributed by atoms with E-state index < -0.39 is 68.0 Å². The largest absolute Gasteiger partial charge is 0.394 e. The van der Waals surface area contributed by atoms with Crippen molar-refractivity contribution >= 4 is 0 Å². The molecule has 13 nitrogen and oxygen atoms in total. The Labute approximate surface area is 268 Å². The van der Waals surface area contributed by atoms with E-state index in [1.807, 2.05) is 13.8 Å². The lowest BCUT2D eigenvalue weighted by atomic mass is 9.95. The van der Waals surface area contributed by atoms with E-state index in [1.54, 1.807) is 0 Å². The molecule has 1 saturated carbocycles. The molecule has 45 heavy (non-hydrogen) atoms. The van der Waals surface area contributed by atoms with Crippen molar-refractivity contribution in [1.82, 2.24) is 0 Å². The first-order valence-corrected chi connectivity index (χ1v) is 17.0. The van der Waals surface area contributed by atoms with E-state index in [2.05, 4.69) is 20.8 Å². The number of aliphatic hydroxyl groups excluding tert-OH is 5. The van der Waals surface area contributed by atoms with Crippen molar-refractivity contribution in [2.45, 2.75) is 147 Å². The van der Waals surface area contributed by atoms with Gasteiger partial charge in [0.1, 0.15) is 48.8 Å². The minimum atomic E-state index is -1.36. The second-order valence-corrected chi connectivity index (χ2v) is 12.5. The zero-order valence-corrected chi connectivity index (χ0v) is 27.8. The van der Waals surface area contributed by atoms with E-state index in [0.717, 1.165) is 38.5 Å². The van der Waals surface area contributed by atoms with Gasteiger partial charge in [0.25, 0.3) is 0 Å². The molecule has 0 aromatic rings. The molecule has 2 aliphatic heterocycles. The lowest BCUT2D eigenvalue weighted by Crippen LogP contribution is -2.66. The highest BCUT2D eigenvalue weighted by Gasteiger charge is 2.53. The average Bonchev–Trinajstić information content (AvgIpc) is 3.89. The van der Waals surface area contributed by atoms with E-state index in [0.29, 0.717) is 12.5 Å².